The molecule has 11 heteroatoms. The predicted molar refractivity (Wildman–Crippen MR) is 138 cm³/mol. The standard InChI is InChI=1S/C24H29ClN6O3S/c1-15-6-5-7-18(25)20(15)29-21(32)19-13-26-22(35-19)28-16-12-27-31(14-16)17-8-10-30(11-9-17)23(33)34-24(2,3)4/h5-7,12-14,17H,8-11H2,1-4H3,(H,26,28)(H,29,32). The van der Waals surface area contributed by atoms with Crippen molar-refractivity contribution in [3.05, 3.63) is 52.3 Å². The van der Waals surface area contributed by atoms with Crippen LogP contribution in [-0.4, -0.2) is 50.4 Å². The summed E-state index contributed by atoms with van der Waals surface area (Å²) in [5, 5.41) is 11.6. The smallest absolute Gasteiger partial charge is 0.410 e. The Morgan fingerprint density at radius 3 is 2.63 bits per heavy atom. The maximum absolute atomic E-state index is 12.7. The largest absolute Gasteiger partial charge is 0.444 e. The number of piperidine rings is 1. The van der Waals surface area contributed by atoms with Gasteiger partial charge >= 0.3 is 6.09 Å². The molecule has 0 spiro atoms. The molecule has 9 nitrogen and oxygen atoms in total. The maximum atomic E-state index is 12.7. The SMILES string of the molecule is Cc1cccc(Cl)c1NC(=O)c1cnc(Nc2cnn(C3CCN(C(=O)OC(C)(C)C)CC3)c2)s1. The zero-order chi connectivity index (χ0) is 25.2. The highest BCUT2D eigenvalue weighted by Gasteiger charge is 2.28. The quantitative estimate of drug-likeness (QED) is 0.440. The molecule has 0 atom stereocenters. The van der Waals surface area contributed by atoms with Crippen LogP contribution in [0.1, 0.15) is 54.9 Å². The van der Waals surface area contributed by atoms with Gasteiger partial charge in [-0.3, -0.25) is 9.48 Å². The van der Waals surface area contributed by atoms with Gasteiger partial charge in [0.15, 0.2) is 5.13 Å². The minimum Gasteiger partial charge on any atom is -0.444 e. The van der Waals surface area contributed by atoms with Crippen LogP contribution in [-0.2, 0) is 4.74 Å². The molecular weight excluding hydrogens is 488 g/mol. The van der Waals surface area contributed by atoms with E-state index in [1.165, 1.54) is 17.5 Å². The summed E-state index contributed by atoms with van der Waals surface area (Å²) in [6.45, 7) is 8.74. The van der Waals surface area contributed by atoms with Gasteiger partial charge in [-0.15, -0.1) is 0 Å². The lowest BCUT2D eigenvalue weighted by Crippen LogP contribution is -2.42. The molecule has 1 aliphatic heterocycles. The van der Waals surface area contributed by atoms with Crippen molar-refractivity contribution in [3.8, 4) is 0 Å². The van der Waals surface area contributed by atoms with E-state index in [1.54, 1.807) is 17.2 Å². The van der Waals surface area contributed by atoms with Gasteiger partial charge in [0.2, 0.25) is 0 Å². The molecule has 0 bridgehead atoms. The van der Waals surface area contributed by atoms with E-state index >= 15 is 0 Å². The lowest BCUT2D eigenvalue weighted by molar-refractivity contribution is 0.0184. The van der Waals surface area contributed by atoms with Crippen molar-refractivity contribution < 1.29 is 14.3 Å². The summed E-state index contributed by atoms with van der Waals surface area (Å²) in [6.07, 6.45) is 6.50. The lowest BCUT2D eigenvalue weighted by atomic mass is 10.1. The topological polar surface area (TPSA) is 101 Å². The number of rotatable bonds is 5. The van der Waals surface area contributed by atoms with Crippen molar-refractivity contribution in [2.75, 3.05) is 23.7 Å². The van der Waals surface area contributed by atoms with E-state index in [4.69, 9.17) is 16.3 Å². The van der Waals surface area contributed by atoms with Crippen LogP contribution in [0, 0.1) is 6.92 Å². The first-order valence-electron chi connectivity index (χ1n) is 11.4. The number of likely N-dealkylation sites (tertiary alicyclic amines) is 1. The van der Waals surface area contributed by atoms with Crippen molar-refractivity contribution in [2.45, 2.75) is 52.2 Å². The average Bonchev–Trinajstić information content (AvgIpc) is 3.45. The van der Waals surface area contributed by atoms with E-state index in [1.807, 2.05) is 50.7 Å². The zero-order valence-electron chi connectivity index (χ0n) is 20.2. The Hall–Kier alpha value is -3.11. The molecule has 2 aromatic heterocycles. The van der Waals surface area contributed by atoms with Crippen LogP contribution in [0.5, 0.6) is 0 Å². The summed E-state index contributed by atoms with van der Waals surface area (Å²) in [5.41, 5.74) is 1.77. The average molecular weight is 517 g/mol. The van der Waals surface area contributed by atoms with Crippen molar-refractivity contribution in [3.63, 3.8) is 0 Å². The molecule has 1 saturated heterocycles. The van der Waals surface area contributed by atoms with Gasteiger partial charge in [0.1, 0.15) is 10.5 Å². The number of para-hydroxylation sites is 1. The molecule has 0 radical (unpaired) electrons. The van der Waals surface area contributed by atoms with Gasteiger partial charge in [-0.2, -0.15) is 5.10 Å². The Labute approximate surface area is 213 Å². The van der Waals surface area contributed by atoms with Crippen LogP contribution in [0.15, 0.2) is 36.8 Å². The fraction of sp³-hybridized carbons (Fsp3) is 0.417. The molecule has 0 unspecified atom stereocenters. The number of aryl methyl sites for hydroxylation is 1. The van der Waals surface area contributed by atoms with Crippen molar-refractivity contribution in [1.29, 1.82) is 0 Å². The highest BCUT2D eigenvalue weighted by molar-refractivity contribution is 7.17. The number of benzene rings is 1. The van der Waals surface area contributed by atoms with Gasteiger partial charge in [-0.05, 0) is 52.2 Å². The Kier molecular flexibility index (Phi) is 7.32. The van der Waals surface area contributed by atoms with E-state index in [0.29, 0.717) is 33.8 Å². The third-order valence-corrected chi connectivity index (χ3v) is 6.76. The molecule has 4 rings (SSSR count). The minimum absolute atomic E-state index is 0.195. The molecule has 1 aromatic carbocycles. The third kappa shape index (κ3) is 6.32. The number of nitrogens with one attached hydrogen (secondary N) is 2. The normalized spacial score (nSPS) is 14.6. The first-order valence-corrected chi connectivity index (χ1v) is 12.6. The molecule has 1 aliphatic rings. The highest BCUT2D eigenvalue weighted by atomic mass is 35.5. The van der Waals surface area contributed by atoms with E-state index in [-0.39, 0.29) is 18.0 Å². The molecule has 0 saturated carbocycles. The molecule has 186 valence electrons. The molecule has 0 aliphatic carbocycles. The summed E-state index contributed by atoms with van der Waals surface area (Å²) in [4.78, 5) is 31.5. The van der Waals surface area contributed by atoms with Gasteiger partial charge < -0.3 is 20.3 Å². The number of hydrogen-bond acceptors (Lipinski definition) is 7. The fourth-order valence-corrected chi connectivity index (χ4v) is 4.77. The number of thiazole rings is 1. The molecule has 3 aromatic rings. The molecule has 3 heterocycles. The van der Waals surface area contributed by atoms with Crippen molar-refractivity contribution >= 4 is 51.4 Å². The van der Waals surface area contributed by atoms with Crippen LogP contribution < -0.4 is 10.6 Å². The van der Waals surface area contributed by atoms with Crippen LogP contribution in [0.25, 0.3) is 0 Å². The number of nitrogens with zero attached hydrogens (tertiary/aromatic N) is 4. The Morgan fingerprint density at radius 2 is 1.94 bits per heavy atom. The summed E-state index contributed by atoms with van der Waals surface area (Å²) < 4.78 is 7.38. The number of carbonyl (C=O) groups is 2. The van der Waals surface area contributed by atoms with Crippen LogP contribution in [0.2, 0.25) is 5.02 Å². The Bertz CT molecular complexity index is 1190. The highest BCUT2D eigenvalue weighted by Crippen LogP contribution is 2.29. The van der Waals surface area contributed by atoms with Gasteiger partial charge in [0.05, 0.1) is 34.8 Å². The number of halogens is 1. The zero-order valence-corrected chi connectivity index (χ0v) is 21.7. The van der Waals surface area contributed by atoms with Crippen LogP contribution in [0.3, 0.4) is 0 Å². The maximum Gasteiger partial charge on any atom is 0.410 e. The fourth-order valence-electron chi connectivity index (χ4n) is 3.77. The number of aromatic nitrogens is 3. The van der Waals surface area contributed by atoms with E-state index < -0.39 is 5.60 Å². The second kappa shape index (κ2) is 10.2. The molecule has 1 fully saturated rings. The number of anilines is 3. The predicted octanol–water partition coefficient (Wildman–Crippen LogP) is 5.87. The molecular formula is C24H29ClN6O3S. The molecule has 2 amide bonds. The van der Waals surface area contributed by atoms with E-state index in [9.17, 15) is 9.59 Å². The lowest BCUT2D eigenvalue weighted by Gasteiger charge is -2.33. The van der Waals surface area contributed by atoms with Gasteiger partial charge in [-0.25, -0.2) is 9.78 Å². The van der Waals surface area contributed by atoms with Crippen LogP contribution >= 0.6 is 22.9 Å². The summed E-state index contributed by atoms with van der Waals surface area (Å²) in [6, 6.07) is 5.66. The third-order valence-electron chi connectivity index (χ3n) is 5.53. The first-order chi connectivity index (χ1) is 16.6. The summed E-state index contributed by atoms with van der Waals surface area (Å²) >= 11 is 7.46. The Morgan fingerprint density at radius 1 is 1.20 bits per heavy atom. The summed E-state index contributed by atoms with van der Waals surface area (Å²) in [5.74, 6) is -0.265. The van der Waals surface area contributed by atoms with E-state index in [2.05, 4.69) is 20.7 Å². The van der Waals surface area contributed by atoms with Gasteiger partial charge in [0.25, 0.3) is 5.91 Å². The second-order valence-electron chi connectivity index (χ2n) is 9.45. The van der Waals surface area contributed by atoms with Gasteiger partial charge in [-0.1, -0.05) is 35.1 Å². The van der Waals surface area contributed by atoms with Crippen LogP contribution in [0.4, 0.5) is 21.3 Å². The summed E-state index contributed by atoms with van der Waals surface area (Å²) in [7, 11) is 0. The number of carbonyl (C=O) groups excluding carboxylic acids is 2. The first kappa shape index (κ1) is 25.0. The van der Waals surface area contributed by atoms with Gasteiger partial charge in [0, 0.05) is 19.3 Å². The Balaban J connectivity index is 1.32. The van der Waals surface area contributed by atoms with E-state index in [0.717, 1.165) is 24.1 Å². The minimum atomic E-state index is -0.500. The van der Waals surface area contributed by atoms with Crippen molar-refractivity contribution in [1.82, 2.24) is 19.7 Å². The number of hydrogen-bond donors (Lipinski definition) is 2. The van der Waals surface area contributed by atoms with Crippen molar-refractivity contribution in [2.24, 2.45) is 0 Å². The number of ether oxygens (including phenoxy) is 1. The molecule has 2 N–H and O–H groups in total. The molecule has 35 heavy (non-hydrogen) atoms. The number of amides is 2. The second-order valence-corrected chi connectivity index (χ2v) is 10.9. The monoisotopic (exact) mass is 516 g/mol.